The van der Waals surface area contributed by atoms with Crippen molar-refractivity contribution in [1.29, 1.82) is 0 Å². The van der Waals surface area contributed by atoms with Crippen LogP contribution in [0.1, 0.15) is 45.2 Å². The maximum Gasteiger partial charge on any atom is 0.162 e. The van der Waals surface area contributed by atoms with E-state index in [1.165, 1.54) is 0 Å². The van der Waals surface area contributed by atoms with Crippen molar-refractivity contribution in [2.75, 3.05) is 13.2 Å². The lowest BCUT2D eigenvalue weighted by molar-refractivity contribution is 0.0399. The average molecular weight is 358 g/mol. The van der Waals surface area contributed by atoms with Crippen molar-refractivity contribution in [3.05, 3.63) is 22.2 Å². The molecule has 118 valence electrons. The van der Waals surface area contributed by atoms with E-state index in [2.05, 4.69) is 22.9 Å². The van der Waals surface area contributed by atoms with E-state index in [4.69, 9.17) is 19.9 Å². The molecule has 3 unspecified atom stereocenters. The molecule has 0 aromatic heterocycles. The zero-order valence-corrected chi connectivity index (χ0v) is 14.5. The summed E-state index contributed by atoms with van der Waals surface area (Å²) in [5.74, 6) is 1.47. The molecule has 1 aromatic carbocycles. The Balaban J connectivity index is 2.27. The minimum absolute atomic E-state index is 0.0590. The van der Waals surface area contributed by atoms with Crippen LogP contribution in [0.4, 0.5) is 0 Å². The van der Waals surface area contributed by atoms with Gasteiger partial charge in [0.05, 0.1) is 31.5 Å². The highest BCUT2D eigenvalue weighted by atomic mass is 79.9. The number of benzene rings is 1. The van der Waals surface area contributed by atoms with Gasteiger partial charge in [-0.1, -0.05) is 15.9 Å². The average Bonchev–Trinajstić information content (AvgIpc) is 2.88. The van der Waals surface area contributed by atoms with Crippen LogP contribution in [0.2, 0.25) is 0 Å². The molecule has 4 nitrogen and oxygen atoms in total. The number of rotatable bonds is 6. The lowest BCUT2D eigenvalue weighted by atomic mass is 9.99. The third-order valence-electron chi connectivity index (χ3n) is 3.69. The Hall–Kier alpha value is -0.780. The first kappa shape index (κ1) is 16.6. The van der Waals surface area contributed by atoms with Gasteiger partial charge in [-0.25, -0.2) is 0 Å². The van der Waals surface area contributed by atoms with Gasteiger partial charge in [0.1, 0.15) is 0 Å². The van der Waals surface area contributed by atoms with Gasteiger partial charge in [0.15, 0.2) is 11.5 Å². The Morgan fingerprint density at radius 2 is 1.86 bits per heavy atom. The van der Waals surface area contributed by atoms with E-state index < -0.39 is 0 Å². The van der Waals surface area contributed by atoms with Crippen molar-refractivity contribution in [3.63, 3.8) is 0 Å². The van der Waals surface area contributed by atoms with Gasteiger partial charge in [0.2, 0.25) is 0 Å². The van der Waals surface area contributed by atoms with Gasteiger partial charge in [0, 0.05) is 4.47 Å². The van der Waals surface area contributed by atoms with Crippen molar-refractivity contribution >= 4 is 15.9 Å². The minimum atomic E-state index is -0.167. The van der Waals surface area contributed by atoms with Crippen LogP contribution in [0.5, 0.6) is 11.5 Å². The van der Waals surface area contributed by atoms with Crippen LogP contribution in [0.25, 0.3) is 0 Å². The summed E-state index contributed by atoms with van der Waals surface area (Å²) in [6.45, 7) is 7.19. The van der Waals surface area contributed by atoms with E-state index in [0.29, 0.717) is 13.2 Å². The molecule has 1 aliphatic rings. The van der Waals surface area contributed by atoms with Gasteiger partial charge < -0.3 is 19.9 Å². The molecule has 1 saturated heterocycles. The van der Waals surface area contributed by atoms with Gasteiger partial charge in [-0.15, -0.1) is 0 Å². The number of ether oxygens (including phenoxy) is 3. The zero-order chi connectivity index (χ0) is 15.4. The highest BCUT2D eigenvalue weighted by molar-refractivity contribution is 9.10. The number of halogens is 1. The Labute approximate surface area is 135 Å². The fraction of sp³-hybridized carbons (Fsp3) is 0.625. The molecule has 0 saturated carbocycles. The van der Waals surface area contributed by atoms with Gasteiger partial charge in [-0.3, -0.25) is 0 Å². The topological polar surface area (TPSA) is 53.7 Å². The number of nitrogens with two attached hydrogens (primary N) is 1. The summed E-state index contributed by atoms with van der Waals surface area (Å²) in [5, 5.41) is 0. The smallest absolute Gasteiger partial charge is 0.162 e. The lowest BCUT2D eigenvalue weighted by Gasteiger charge is -2.22. The van der Waals surface area contributed by atoms with Gasteiger partial charge in [-0.05, 0) is 51.3 Å². The summed E-state index contributed by atoms with van der Waals surface area (Å²) in [4.78, 5) is 0. The first-order valence-electron chi connectivity index (χ1n) is 7.56. The second kappa shape index (κ2) is 7.47. The number of hydrogen-bond donors (Lipinski definition) is 1. The SMILES string of the molecule is CCOc1cc(Br)c(C(N)C2CCC(C)O2)cc1OCC. The van der Waals surface area contributed by atoms with Crippen molar-refractivity contribution in [2.24, 2.45) is 5.73 Å². The van der Waals surface area contributed by atoms with Crippen LogP contribution in [0.15, 0.2) is 16.6 Å². The van der Waals surface area contributed by atoms with Crippen molar-refractivity contribution in [2.45, 2.75) is 51.9 Å². The van der Waals surface area contributed by atoms with Crippen molar-refractivity contribution < 1.29 is 14.2 Å². The standard InChI is InChI=1S/C16H24BrNO3/c1-4-19-14-8-11(12(17)9-15(14)20-5-2)16(18)13-7-6-10(3)21-13/h8-10,13,16H,4-7,18H2,1-3H3. The first-order valence-corrected chi connectivity index (χ1v) is 8.36. The highest BCUT2D eigenvalue weighted by Gasteiger charge is 2.30. The summed E-state index contributed by atoms with van der Waals surface area (Å²) >= 11 is 3.59. The van der Waals surface area contributed by atoms with Gasteiger partial charge in [0.25, 0.3) is 0 Å². The monoisotopic (exact) mass is 357 g/mol. The molecule has 21 heavy (non-hydrogen) atoms. The molecule has 0 radical (unpaired) electrons. The maximum absolute atomic E-state index is 6.40. The van der Waals surface area contributed by atoms with Gasteiger partial charge >= 0.3 is 0 Å². The Kier molecular flexibility index (Phi) is 5.90. The molecule has 0 aliphatic carbocycles. The predicted molar refractivity (Wildman–Crippen MR) is 87.0 cm³/mol. The summed E-state index contributed by atoms with van der Waals surface area (Å²) in [7, 11) is 0. The summed E-state index contributed by atoms with van der Waals surface area (Å²) in [6.07, 6.45) is 2.40. The zero-order valence-electron chi connectivity index (χ0n) is 12.9. The molecule has 3 atom stereocenters. The fourth-order valence-electron chi connectivity index (χ4n) is 2.64. The fourth-order valence-corrected chi connectivity index (χ4v) is 3.23. The van der Waals surface area contributed by atoms with Crippen LogP contribution in [0, 0.1) is 0 Å². The van der Waals surface area contributed by atoms with E-state index in [9.17, 15) is 0 Å². The Morgan fingerprint density at radius 1 is 1.24 bits per heavy atom. The second-order valence-electron chi connectivity index (χ2n) is 5.27. The largest absolute Gasteiger partial charge is 0.490 e. The van der Waals surface area contributed by atoms with E-state index in [1.807, 2.05) is 26.0 Å². The van der Waals surface area contributed by atoms with Gasteiger partial charge in [-0.2, -0.15) is 0 Å². The van der Waals surface area contributed by atoms with Crippen LogP contribution < -0.4 is 15.2 Å². The molecule has 0 bridgehead atoms. The maximum atomic E-state index is 6.40. The second-order valence-corrected chi connectivity index (χ2v) is 6.13. The highest BCUT2D eigenvalue weighted by Crippen LogP contribution is 2.39. The molecule has 2 N–H and O–H groups in total. The Morgan fingerprint density at radius 3 is 2.38 bits per heavy atom. The summed E-state index contributed by atoms with van der Waals surface area (Å²) in [6, 6.07) is 3.73. The van der Waals surface area contributed by atoms with Crippen molar-refractivity contribution in [1.82, 2.24) is 0 Å². The Bertz CT molecular complexity index is 481. The molecular weight excluding hydrogens is 334 g/mol. The number of hydrogen-bond acceptors (Lipinski definition) is 4. The van der Waals surface area contributed by atoms with Crippen molar-refractivity contribution in [3.8, 4) is 11.5 Å². The van der Waals surface area contributed by atoms with Crippen LogP contribution in [0.3, 0.4) is 0 Å². The van der Waals surface area contributed by atoms with E-state index >= 15 is 0 Å². The summed E-state index contributed by atoms with van der Waals surface area (Å²) < 4.78 is 18.1. The molecule has 1 heterocycles. The summed E-state index contributed by atoms with van der Waals surface area (Å²) in [5.41, 5.74) is 7.40. The normalized spacial score (nSPS) is 23.1. The van der Waals surface area contributed by atoms with E-state index in [1.54, 1.807) is 0 Å². The molecule has 0 spiro atoms. The molecule has 0 amide bonds. The van der Waals surface area contributed by atoms with E-state index in [0.717, 1.165) is 34.4 Å². The van der Waals surface area contributed by atoms with Crippen LogP contribution in [-0.4, -0.2) is 25.4 Å². The molecule has 2 rings (SSSR count). The minimum Gasteiger partial charge on any atom is -0.490 e. The molecule has 1 aromatic rings. The van der Waals surface area contributed by atoms with Crippen LogP contribution >= 0.6 is 15.9 Å². The third kappa shape index (κ3) is 3.90. The quantitative estimate of drug-likeness (QED) is 0.840. The first-order chi connectivity index (χ1) is 10.1. The van der Waals surface area contributed by atoms with E-state index in [-0.39, 0.29) is 18.2 Å². The van der Waals surface area contributed by atoms with Crippen LogP contribution in [-0.2, 0) is 4.74 Å². The lowest BCUT2D eigenvalue weighted by Crippen LogP contribution is -2.26. The third-order valence-corrected chi connectivity index (χ3v) is 4.37. The predicted octanol–water partition coefficient (Wildman–Crippen LogP) is 3.81. The molecule has 5 heteroatoms. The molecule has 1 aliphatic heterocycles. The molecule has 1 fully saturated rings. The molecular formula is C16H24BrNO3.